The van der Waals surface area contributed by atoms with Gasteiger partial charge in [0.15, 0.2) is 9.84 Å². The van der Waals surface area contributed by atoms with Crippen LogP contribution in [0.25, 0.3) is 0 Å². The zero-order chi connectivity index (χ0) is 16.6. The number of nitrogens with zero attached hydrogens (tertiary/aromatic N) is 1. The summed E-state index contributed by atoms with van der Waals surface area (Å²) in [7, 11) is -3.29. The number of fused-ring (bicyclic) bond motifs is 1. The lowest BCUT2D eigenvalue weighted by Gasteiger charge is -2.37. The van der Waals surface area contributed by atoms with Crippen LogP contribution in [0.3, 0.4) is 0 Å². The second-order valence-corrected chi connectivity index (χ2v) is 7.54. The summed E-state index contributed by atoms with van der Waals surface area (Å²) in [5, 5.41) is 3.33. The van der Waals surface area contributed by atoms with Gasteiger partial charge in [0.1, 0.15) is 6.17 Å². The summed E-state index contributed by atoms with van der Waals surface area (Å²) in [4.78, 5) is 14.6. The maximum atomic E-state index is 12.7. The van der Waals surface area contributed by atoms with E-state index in [1.165, 1.54) is 6.26 Å². The van der Waals surface area contributed by atoms with Crippen LogP contribution in [0, 0.1) is 0 Å². The van der Waals surface area contributed by atoms with Gasteiger partial charge in [-0.2, -0.15) is 0 Å². The molecule has 6 heteroatoms. The van der Waals surface area contributed by atoms with E-state index in [0.717, 1.165) is 11.3 Å². The topological polar surface area (TPSA) is 66.5 Å². The Morgan fingerprint density at radius 3 is 2.57 bits per heavy atom. The van der Waals surface area contributed by atoms with E-state index in [0.29, 0.717) is 12.1 Å². The number of rotatable bonds is 3. The number of hydrogen-bond acceptors (Lipinski definition) is 4. The fraction of sp³-hybridized carbons (Fsp3) is 0.235. The second kappa shape index (κ2) is 5.70. The van der Waals surface area contributed by atoms with Gasteiger partial charge in [0, 0.05) is 18.5 Å². The molecule has 0 spiro atoms. The van der Waals surface area contributed by atoms with Crippen LogP contribution in [0.2, 0.25) is 0 Å². The van der Waals surface area contributed by atoms with Gasteiger partial charge < -0.3 is 10.2 Å². The summed E-state index contributed by atoms with van der Waals surface area (Å²) >= 11 is 0. The van der Waals surface area contributed by atoms with Crippen molar-refractivity contribution in [3.8, 4) is 0 Å². The monoisotopic (exact) mass is 330 g/mol. The molecule has 2 aromatic rings. The zero-order valence-electron chi connectivity index (χ0n) is 13.0. The normalized spacial score (nSPS) is 17.6. The largest absolute Gasteiger partial charge is 0.361 e. The highest BCUT2D eigenvalue weighted by molar-refractivity contribution is 7.90. The summed E-state index contributed by atoms with van der Waals surface area (Å²) < 4.78 is 23.6. The highest BCUT2D eigenvalue weighted by Crippen LogP contribution is 2.33. The number of carbonyl (C=O) groups is 1. The first-order chi connectivity index (χ1) is 10.9. The second-order valence-electron chi connectivity index (χ2n) is 5.53. The molecule has 1 N–H and O–H groups in total. The summed E-state index contributed by atoms with van der Waals surface area (Å²) in [6.07, 6.45) is 0.794. The van der Waals surface area contributed by atoms with Crippen molar-refractivity contribution in [2.24, 2.45) is 0 Å². The Morgan fingerprint density at radius 2 is 1.87 bits per heavy atom. The van der Waals surface area contributed by atoms with Crippen LogP contribution >= 0.6 is 0 Å². The maximum absolute atomic E-state index is 12.7. The minimum Gasteiger partial charge on any atom is -0.361 e. The average molecular weight is 330 g/mol. The van der Waals surface area contributed by atoms with Crippen molar-refractivity contribution in [3.63, 3.8) is 0 Å². The molecule has 0 radical (unpaired) electrons. The van der Waals surface area contributed by atoms with Gasteiger partial charge >= 0.3 is 0 Å². The van der Waals surface area contributed by atoms with E-state index in [9.17, 15) is 13.2 Å². The van der Waals surface area contributed by atoms with Crippen molar-refractivity contribution in [3.05, 3.63) is 59.7 Å². The van der Waals surface area contributed by atoms with Gasteiger partial charge in [-0.15, -0.1) is 0 Å². The molecule has 5 nitrogen and oxygen atoms in total. The summed E-state index contributed by atoms with van der Waals surface area (Å²) in [5.41, 5.74) is 2.14. The Hall–Kier alpha value is -2.34. The molecule has 0 bridgehead atoms. The summed E-state index contributed by atoms with van der Waals surface area (Å²) in [6, 6.07) is 14.1. The molecular weight excluding hydrogens is 312 g/mol. The quantitative estimate of drug-likeness (QED) is 0.939. The van der Waals surface area contributed by atoms with Crippen LogP contribution in [0.15, 0.2) is 53.4 Å². The first kappa shape index (κ1) is 15.6. The number of nitrogens with one attached hydrogen (secondary N) is 1. The molecule has 1 heterocycles. The van der Waals surface area contributed by atoms with E-state index < -0.39 is 9.84 Å². The predicted octanol–water partition coefficient (Wildman–Crippen LogP) is 2.68. The molecule has 1 aliphatic heterocycles. The molecule has 2 aromatic carbocycles. The number of sulfone groups is 1. The van der Waals surface area contributed by atoms with E-state index >= 15 is 0 Å². The summed E-state index contributed by atoms with van der Waals surface area (Å²) in [5.74, 6) is -0.0587. The molecule has 0 aliphatic carbocycles. The molecule has 1 aliphatic rings. The molecule has 0 aromatic heterocycles. The lowest BCUT2D eigenvalue weighted by Crippen LogP contribution is -2.42. The SMILES string of the molecule is CCN1C(=O)c2ccccc2NC1c1cccc(S(C)(=O)=O)c1. The molecule has 23 heavy (non-hydrogen) atoms. The van der Waals surface area contributed by atoms with Crippen molar-refractivity contribution in [1.29, 1.82) is 0 Å². The Morgan fingerprint density at radius 1 is 1.13 bits per heavy atom. The fourth-order valence-electron chi connectivity index (χ4n) is 2.80. The van der Waals surface area contributed by atoms with Gasteiger partial charge in [0.25, 0.3) is 5.91 Å². The number of para-hydroxylation sites is 1. The molecular formula is C17H18N2O3S. The molecule has 3 rings (SSSR count). The third kappa shape index (κ3) is 2.82. The van der Waals surface area contributed by atoms with E-state index in [1.807, 2.05) is 31.2 Å². The fourth-order valence-corrected chi connectivity index (χ4v) is 3.47. The minimum absolute atomic E-state index is 0.0587. The van der Waals surface area contributed by atoms with Crippen LogP contribution in [-0.4, -0.2) is 32.0 Å². The molecule has 1 amide bonds. The van der Waals surface area contributed by atoms with Gasteiger partial charge in [-0.3, -0.25) is 4.79 Å². The predicted molar refractivity (Wildman–Crippen MR) is 89.1 cm³/mol. The molecule has 1 atom stereocenters. The number of anilines is 1. The number of carbonyl (C=O) groups excluding carboxylic acids is 1. The van der Waals surface area contributed by atoms with Gasteiger partial charge in [0.2, 0.25) is 0 Å². The highest BCUT2D eigenvalue weighted by atomic mass is 32.2. The first-order valence-electron chi connectivity index (χ1n) is 7.38. The van der Waals surface area contributed by atoms with Gasteiger partial charge in [-0.1, -0.05) is 24.3 Å². The molecule has 120 valence electrons. The van der Waals surface area contributed by atoms with Crippen molar-refractivity contribution in [1.82, 2.24) is 4.90 Å². The van der Waals surface area contributed by atoms with E-state index in [2.05, 4.69) is 5.32 Å². The van der Waals surface area contributed by atoms with Gasteiger partial charge in [0.05, 0.1) is 10.5 Å². The van der Waals surface area contributed by atoms with Crippen molar-refractivity contribution in [2.45, 2.75) is 18.0 Å². The van der Waals surface area contributed by atoms with Crippen LogP contribution < -0.4 is 5.32 Å². The van der Waals surface area contributed by atoms with Crippen molar-refractivity contribution < 1.29 is 13.2 Å². The Labute approximate surface area is 135 Å². The molecule has 0 saturated heterocycles. The Bertz CT molecular complexity index is 862. The number of amides is 1. The lowest BCUT2D eigenvalue weighted by atomic mass is 10.0. The number of hydrogen-bond donors (Lipinski definition) is 1. The third-order valence-corrected chi connectivity index (χ3v) is 5.08. The van der Waals surface area contributed by atoms with E-state index in [1.54, 1.807) is 29.2 Å². The van der Waals surface area contributed by atoms with Crippen molar-refractivity contribution >= 4 is 21.4 Å². The van der Waals surface area contributed by atoms with Crippen LogP contribution in [0.4, 0.5) is 5.69 Å². The molecule has 1 unspecified atom stereocenters. The Kier molecular flexibility index (Phi) is 3.85. The minimum atomic E-state index is -3.29. The van der Waals surface area contributed by atoms with E-state index in [4.69, 9.17) is 0 Å². The maximum Gasteiger partial charge on any atom is 0.257 e. The average Bonchev–Trinajstić information content (AvgIpc) is 2.54. The van der Waals surface area contributed by atoms with Crippen LogP contribution in [0.1, 0.15) is 29.0 Å². The van der Waals surface area contributed by atoms with Crippen LogP contribution in [-0.2, 0) is 9.84 Å². The van der Waals surface area contributed by atoms with Crippen LogP contribution in [0.5, 0.6) is 0 Å². The first-order valence-corrected chi connectivity index (χ1v) is 9.27. The molecule has 0 saturated carbocycles. The van der Waals surface area contributed by atoms with Gasteiger partial charge in [-0.25, -0.2) is 8.42 Å². The summed E-state index contributed by atoms with van der Waals surface area (Å²) in [6.45, 7) is 2.43. The highest BCUT2D eigenvalue weighted by Gasteiger charge is 2.31. The zero-order valence-corrected chi connectivity index (χ0v) is 13.8. The number of benzene rings is 2. The van der Waals surface area contributed by atoms with Gasteiger partial charge in [-0.05, 0) is 36.8 Å². The van der Waals surface area contributed by atoms with E-state index in [-0.39, 0.29) is 17.0 Å². The third-order valence-electron chi connectivity index (χ3n) is 3.96. The Balaban J connectivity index is 2.08. The molecule has 0 fully saturated rings. The van der Waals surface area contributed by atoms with Crippen molar-refractivity contribution in [2.75, 3.05) is 18.1 Å². The smallest absolute Gasteiger partial charge is 0.257 e. The lowest BCUT2D eigenvalue weighted by molar-refractivity contribution is 0.0695. The standard InChI is InChI=1S/C17H18N2O3S/c1-3-19-16(12-7-6-8-13(11-12)23(2,21)22)18-15-10-5-4-9-14(15)17(19)20/h4-11,16,18H,3H2,1-2H3.